The predicted octanol–water partition coefficient (Wildman–Crippen LogP) is 4.54. The number of benzene rings is 2. The van der Waals surface area contributed by atoms with E-state index >= 15 is 0 Å². The molecule has 1 fully saturated rings. The molecule has 8 nitrogen and oxygen atoms in total. The highest BCUT2D eigenvalue weighted by Crippen LogP contribution is 2.29. The molecule has 4 rings (SSSR count). The number of amides is 1. The Hall–Kier alpha value is -3.65. The van der Waals surface area contributed by atoms with Crippen LogP contribution in [-0.2, 0) is 4.74 Å². The zero-order valence-corrected chi connectivity index (χ0v) is 17.3. The number of nitrogens with one attached hydrogen (secondary N) is 3. The fourth-order valence-electron chi connectivity index (χ4n) is 3.41. The van der Waals surface area contributed by atoms with Crippen molar-refractivity contribution in [3.63, 3.8) is 0 Å². The number of anilines is 3. The fraction of sp³-hybridized carbons (Fsp3) is 0.261. The van der Waals surface area contributed by atoms with Crippen molar-refractivity contribution in [3.05, 3.63) is 60.9 Å². The summed E-state index contributed by atoms with van der Waals surface area (Å²) < 4.78 is 10.8. The highest BCUT2D eigenvalue weighted by molar-refractivity contribution is 5.85. The van der Waals surface area contributed by atoms with Crippen LogP contribution >= 0.6 is 0 Å². The largest absolute Gasteiger partial charge is 0.496 e. The standard InChI is InChI=1S/C23H25N5O3/c1-30-20-7-3-2-6-18(20)19-14-21(26-15-25-19)27-16-9-11-17(12-10-16)28-23(29)31-22-8-4-5-13-24-22/h2-3,6-7,9-12,14-15,22,24H,4-5,8,13H2,1H3,(H,28,29)(H,25,26,27)/t22-/m0/s1. The van der Waals surface area contributed by atoms with E-state index in [1.165, 1.54) is 6.33 Å². The Bertz CT molecular complexity index is 1020. The number of ether oxygens (including phenoxy) is 2. The Kier molecular flexibility index (Phi) is 6.59. The third-order valence-electron chi connectivity index (χ3n) is 4.97. The molecule has 1 aromatic heterocycles. The van der Waals surface area contributed by atoms with Gasteiger partial charge < -0.3 is 14.8 Å². The fourth-order valence-corrected chi connectivity index (χ4v) is 3.41. The molecule has 0 saturated carbocycles. The minimum absolute atomic E-state index is 0.218. The minimum Gasteiger partial charge on any atom is -0.496 e. The van der Waals surface area contributed by atoms with Gasteiger partial charge >= 0.3 is 6.09 Å². The number of nitrogens with zero attached hydrogens (tertiary/aromatic N) is 2. The predicted molar refractivity (Wildman–Crippen MR) is 119 cm³/mol. The van der Waals surface area contributed by atoms with Gasteiger partial charge in [0, 0.05) is 23.0 Å². The molecule has 1 amide bonds. The Morgan fingerprint density at radius 2 is 1.87 bits per heavy atom. The molecule has 8 heteroatoms. The molecular weight excluding hydrogens is 394 g/mol. The van der Waals surface area contributed by atoms with Crippen LogP contribution in [-0.4, -0.2) is 35.9 Å². The molecule has 3 aromatic rings. The first-order valence-corrected chi connectivity index (χ1v) is 10.2. The number of carbonyl (C=O) groups is 1. The van der Waals surface area contributed by atoms with E-state index in [1.54, 1.807) is 19.2 Å². The van der Waals surface area contributed by atoms with E-state index < -0.39 is 6.09 Å². The summed E-state index contributed by atoms with van der Waals surface area (Å²) in [6, 6.07) is 16.9. The van der Waals surface area contributed by atoms with E-state index in [4.69, 9.17) is 9.47 Å². The van der Waals surface area contributed by atoms with Crippen LogP contribution in [0, 0.1) is 0 Å². The maximum absolute atomic E-state index is 12.1. The molecule has 1 atom stereocenters. The number of carbonyl (C=O) groups excluding carboxylic acids is 1. The zero-order valence-electron chi connectivity index (χ0n) is 17.3. The highest BCUT2D eigenvalue weighted by Gasteiger charge is 2.16. The van der Waals surface area contributed by atoms with Crippen molar-refractivity contribution in [2.24, 2.45) is 0 Å². The highest BCUT2D eigenvalue weighted by atomic mass is 16.6. The Morgan fingerprint density at radius 3 is 2.65 bits per heavy atom. The first-order valence-electron chi connectivity index (χ1n) is 10.2. The molecule has 0 spiro atoms. The summed E-state index contributed by atoms with van der Waals surface area (Å²) in [5.41, 5.74) is 3.13. The van der Waals surface area contributed by atoms with Gasteiger partial charge in [-0.25, -0.2) is 14.8 Å². The van der Waals surface area contributed by atoms with Crippen LogP contribution in [0.5, 0.6) is 5.75 Å². The third kappa shape index (κ3) is 5.49. The molecular formula is C23H25N5O3. The number of para-hydroxylation sites is 1. The van der Waals surface area contributed by atoms with Crippen molar-refractivity contribution in [2.75, 3.05) is 24.3 Å². The Morgan fingerprint density at radius 1 is 1.06 bits per heavy atom. The number of aromatic nitrogens is 2. The molecule has 2 heterocycles. The quantitative estimate of drug-likeness (QED) is 0.539. The van der Waals surface area contributed by atoms with Crippen LogP contribution in [0.1, 0.15) is 19.3 Å². The summed E-state index contributed by atoms with van der Waals surface area (Å²) in [5, 5.41) is 9.19. The normalized spacial score (nSPS) is 15.7. The lowest BCUT2D eigenvalue weighted by Gasteiger charge is -2.23. The van der Waals surface area contributed by atoms with E-state index in [0.29, 0.717) is 11.5 Å². The van der Waals surface area contributed by atoms with E-state index in [1.807, 2.05) is 42.5 Å². The Balaban J connectivity index is 1.38. The number of hydrogen-bond acceptors (Lipinski definition) is 7. The molecule has 3 N–H and O–H groups in total. The van der Waals surface area contributed by atoms with Crippen LogP contribution in [0.3, 0.4) is 0 Å². The number of hydrogen-bond donors (Lipinski definition) is 3. The van der Waals surface area contributed by atoms with E-state index in [-0.39, 0.29) is 6.23 Å². The topological polar surface area (TPSA) is 97.4 Å². The maximum Gasteiger partial charge on any atom is 0.413 e. The van der Waals surface area contributed by atoms with Gasteiger partial charge in [0.05, 0.1) is 12.8 Å². The summed E-state index contributed by atoms with van der Waals surface area (Å²) in [6.07, 6.45) is 3.85. The minimum atomic E-state index is -0.461. The molecule has 1 saturated heterocycles. The summed E-state index contributed by atoms with van der Waals surface area (Å²) >= 11 is 0. The average molecular weight is 419 g/mol. The summed E-state index contributed by atoms with van der Waals surface area (Å²) in [7, 11) is 1.64. The number of methoxy groups -OCH3 is 1. The SMILES string of the molecule is COc1ccccc1-c1cc(Nc2ccc(NC(=O)O[C@H]3CCCCN3)cc2)ncn1. The maximum atomic E-state index is 12.1. The van der Waals surface area contributed by atoms with Gasteiger partial charge in [0.25, 0.3) is 0 Å². The van der Waals surface area contributed by atoms with Crippen molar-refractivity contribution in [2.45, 2.75) is 25.5 Å². The second-order valence-corrected chi connectivity index (χ2v) is 7.16. The third-order valence-corrected chi connectivity index (χ3v) is 4.97. The lowest BCUT2D eigenvalue weighted by atomic mass is 10.1. The molecule has 0 bridgehead atoms. The van der Waals surface area contributed by atoms with Gasteiger partial charge in [-0.2, -0.15) is 0 Å². The molecule has 1 aliphatic heterocycles. The van der Waals surface area contributed by atoms with Crippen molar-refractivity contribution in [1.29, 1.82) is 0 Å². The smallest absolute Gasteiger partial charge is 0.413 e. The van der Waals surface area contributed by atoms with Crippen LogP contribution in [0.4, 0.5) is 22.0 Å². The molecule has 0 aliphatic carbocycles. The van der Waals surface area contributed by atoms with Crippen molar-refractivity contribution in [1.82, 2.24) is 15.3 Å². The van der Waals surface area contributed by atoms with Gasteiger partial charge in [-0.1, -0.05) is 12.1 Å². The van der Waals surface area contributed by atoms with Gasteiger partial charge in [-0.15, -0.1) is 0 Å². The van der Waals surface area contributed by atoms with Gasteiger partial charge in [-0.3, -0.25) is 10.6 Å². The number of rotatable bonds is 6. The van der Waals surface area contributed by atoms with Crippen molar-refractivity contribution in [3.8, 4) is 17.0 Å². The molecule has 0 unspecified atom stereocenters. The number of piperidine rings is 1. The summed E-state index contributed by atoms with van der Waals surface area (Å²) in [4.78, 5) is 20.7. The van der Waals surface area contributed by atoms with Crippen LogP contribution < -0.4 is 20.7 Å². The van der Waals surface area contributed by atoms with Crippen LogP contribution in [0.25, 0.3) is 11.3 Å². The molecule has 1 aliphatic rings. The zero-order chi connectivity index (χ0) is 21.5. The molecule has 31 heavy (non-hydrogen) atoms. The lowest BCUT2D eigenvalue weighted by Crippen LogP contribution is -2.38. The van der Waals surface area contributed by atoms with Gasteiger partial charge in [-0.05, 0) is 62.2 Å². The van der Waals surface area contributed by atoms with Gasteiger partial charge in [0.15, 0.2) is 6.23 Å². The second-order valence-electron chi connectivity index (χ2n) is 7.16. The molecule has 2 aromatic carbocycles. The van der Waals surface area contributed by atoms with E-state index in [0.717, 1.165) is 48.5 Å². The second kappa shape index (κ2) is 9.90. The monoisotopic (exact) mass is 419 g/mol. The Labute approximate surface area is 181 Å². The van der Waals surface area contributed by atoms with Crippen LogP contribution in [0.15, 0.2) is 60.9 Å². The van der Waals surface area contributed by atoms with E-state index in [2.05, 4.69) is 25.9 Å². The molecule has 0 radical (unpaired) electrons. The first-order chi connectivity index (χ1) is 15.2. The molecule has 160 valence electrons. The summed E-state index contributed by atoms with van der Waals surface area (Å²) in [6.45, 7) is 0.875. The van der Waals surface area contributed by atoms with Crippen LogP contribution in [0.2, 0.25) is 0 Å². The van der Waals surface area contributed by atoms with Gasteiger partial charge in [0.1, 0.15) is 17.9 Å². The average Bonchev–Trinajstić information content (AvgIpc) is 2.81. The lowest BCUT2D eigenvalue weighted by molar-refractivity contribution is 0.0716. The first kappa shape index (κ1) is 20.6. The summed E-state index contributed by atoms with van der Waals surface area (Å²) in [5.74, 6) is 1.40. The van der Waals surface area contributed by atoms with Crippen molar-refractivity contribution >= 4 is 23.3 Å². The van der Waals surface area contributed by atoms with E-state index in [9.17, 15) is 4.79 Å². The van der Waals surface area contributed by atoms with Crippen molar-refractivity contribution < 1.29 is 14.3 Å². The van der Waals surface area contributed by atoms with Gasteiger partial charge in [0.2, 0.25) is 0 Å².